The van der Waals surface area contributed by atoms with Gasteiger partial charge in [0.2, 0.25) is 6.79 Å². The second kappa shape index (κ2) is 6.04. The molecule has 2 aromatic carbocycles. The van der Waals surface area contributed by atoms with E-state index in [1.165, 1.54) is 6.07 Å². The summed E-state index contributed by atoms with van der Waals surface area (Å²) in [6.45, 7) is 0.445. The first kappa shape index (κ1) is 14.4. The molecule has 0 N–H and O–H groups in total. The molecule has 1 unspecified atom stereocenters. The molecule has 0 fully saturated rings. The summed E-state index contributed by atoms with van der Waals surface area (Å²) in [5.74, 6) is 0.0309. The van der Waals surface area contributed by atoms with E-state index >= 15 is 0 Å². The lowest BCUT2D eigenvalue weighted by atomic mass is 9.88. The van der Waals surface area contributed by atoms with Crippen molar-refractivity contribution in [1.29, 1.82) is 5.26 Å². The maximum absolute atomic E-state index is 14.1. The number of rotatable bonds is 4. The molecule has 1 aliphatic rings. The molecule has 0 spiro atoms. The summed E-state index contributed by atoms with van der Waals surface area (Å²) in [6, 6.07) is 12.0. The van der Waals surface area contributed by atoms with E-state index in [0.29, 0.717) is 29.2 Å². The van der Waals surface area contributed by atoms with Crippen LogP contribution in [0.2, 0.25) is 0 Å². The zero-order chi connectivity index (χ0) is 15.5. The van der Waals surface area contributed by atoms with Crippen LogP contribution in [-0.4, -0.2) is 13.9 Å². The molecule has 0 saturated carbocycles. The van der Waals surface area contributed by atoms with Crippen LogP contribution in [0.3, 0.4) is 0 Å². The van der Waals surface area contributed by atoms with Crippen molar-refractivity contribution in [2.45, 2.75) is 12.5 Å². The minimum absolute atomic E-state index is 0.141. The van der Waals surface area contributed by atoms with Crippen molar-refractivity contribution >= 4 is 0 Å². The third-order valence-electron chi connectivity index (χ3n) is 3.59. The van der Waals surface area contributed by atoms with Crippen LogP contribution in [-0.2, 0) is 11.3 Å². The maximum Gasteiger partial charge on any atom is 0.231 e. The Hall–Kier alpha value is -2.58. The molecule has 112 valence electrons. The third kappa shape index (κ3) is 2.49. The molecule has 0 aromatic heterocycles. The fourth-order valence-electron chi connectivity index (χ4n) is 2.56. The average molecular weight is 299 g/mol. The van der Waals surface area contributed by atoms with Crippen molar-refractivity contribution in [2.24, 2.45) is 0 Å². The highest BCUT2D eigenvalue weighted by Gasteiger charge is 2.24. The molecular formula is C17H14FNO3. The molecule has 2 aromatic rings. The lowest BCUT2D eigenvalue weighted by Gasteiger charge is -2.16. The number of nitrogens with zero attached hydrogens (tertiary/aromatic N) is 1. The Morgan fingerprint density at radius 2 is 1.95 bits per heavy atom. The number of hydrogen-bond acceptors (Lipinski definition) is 4. The van der Waals surface area contributed by atoms with Crippen LogP contribution in [0.15, 0.2) is 36.4 Å². The molecule has 4 nitrogen and oxygen atoms in total. The van der Waals surface area contributed by atoms with Gasteiger partial charge in [-0.1, -0.05) is 18.2 Å². The van der Waals surface area contributed by atoms with E-state index in [2.05, 4.69) is 6.07 Å². The second-order valence-corrected chi connectivity index (χ2v) is 4.92. The van der Waals surface area contributed by atoms with Crippen LogP contribution in [0.1, 0.15) is 22.6 Å². The molecular weight excluding hydrogens is 285 g/mol. The zero-order valence-corrected chi connectivity index (χ0v) is 12.0. The van der Waals surface area contributed by atoms with Gasteiger partial charge >= 0.3 is 0 Å². The van der Waals surface area contributed by atoms with Crippen molar-refractivity contribution in [2.75, 3.05) is 13.9 Å². The highest BCUT2D eigenvalue weighted by atomic mass is 19.1. The first-order valence-corrected chi connectivity index (χ1v) is 6.80. The molecule has 1 heterocycles. The monoisotopic (exact) mass is 299 g/mol. The summed E-state index contributed by atoms with van der Waals surface area (Å²) >= 11 is 0. The Kier molecular flexibility index (Phi) is 3.94. The normalized spacial score (nSPS) is 13.7. The van der Waals surface area contributed by atoms with Crippen LogP contribution in [0.4, 0.5) is 4.39 Å². The van der Waals surface area contributed by atoms with Crippen LogP contribution in [0.25, 0.3) is 0 Å². The van der Waals surface area contributed by atoms with Gasteiger partial charge in [-0.25, -0.2) is 4.39 Å². The number of hydrogen-bond donors (Lipinski definition) is 0. The molecule has 0 bridgehead atoms. The van der Waals surface area contributed by atoms with Crippen LogP contribution in [0, 0.1) is 17.1 Å². The van der Waals surface area contributed by atoms with E-state index in [-0.39, 0.29) is 6.79 Å². The molecule has 0 aliphatic carbocycles. The number of fused-ring (bicyclic) bond motifs is 1. The van der Waals surface area contributed by atoms with Gasteiger partial charge in [0.15, 0.2) is 11.5 Å². The number of nitriles is 1. The average Bonchev–Trinajstić information content (AvgIpc) is 2.97. The van der Waals surface area contributed by atoms with E-state index in [1.54, 1.807) is 37.4 Å². The van der Waals surface area contributed by atoms with Gasteiger partial charge in [0.05, 0.1) is 18.6 Å². The van der Waals surface area contributed by atoms with Gasteiger partial charge in [-0.2, -0.15) is 5.26 Å². The molecule has 1 aliphatic heterocycles. The van der Waals surface area contributed by atoms with Gasteiger partial charge in [0, 0.05) is 12.7 Å². The Labute approximate surface area is 127 Å². The number of ether oxygens (including phenoxy) is 3. The molecule has 0 radical (unpaired) electrons. The molecule has 0 amide bonds. The van der Waals surface area contributed by atoms with Crippen molar-refractivity contribution in [3.63, 3.8) is 0 Å². The summed E-state index contributed by atoms with van der Waals surface area (Å²) < 4.78 is 30.0. The molecule has 1 atom stereocenters. The van der Waals surface area contributed by atoms with Gasteiger partial charge in [-0.05, 0) is 29.3 Å². The summed E-state index contributed by atoms with van der Waals surface area (Å²) in [6.07, 6.45) is 0. The third-order valence-corrected chi connectivity index (χ3v) is 3.59. The smallest absolute Gasteiger partial charge is 0.231 e. The van der Waals surface area contributed by atoms with Gasteiger partial charge in [0.25, 0.3) is 0 Å². The fraction of sp³-hybridized carbons (Fsp3) is 0.235. The van der Waals surface area contributed by atoms with Gasteiger partial charge < -0.3 is 14.2 Å². The lowest BCUT2D eigenvalue weighted by Crippen LogP contribution is -2.06. The Bertz CT molecular complexity index is 739. The highest BCUT2D eigenvalue weighted by molar-refractivity contribution is 5.53. The SMILES string of the molecule is COCc1cc2c(cc1C(C#N)c1ccccc1F)OCO2. The largest absolute Gasteiger partial charge is 0.454 e. The predicted molar refractivity (Wildman–Crippen MR) is 77.1 cm³/mol. The van der Waals surface area contributed by atoms with Crippen LogP contribution < -0.4 is 9.47 Å². The van der Waals surface area contributed by atoms with Crippen molar-refractivity contribution in [3.8, 4) is 17.6 Å². The first-order chi connectivity index (χ1) is 10.7. The predicted octanol–water partition coefficient (Wildman–Crippen LogP) is 3.36. The quantitative estimate of drug-likeness (QED) is 0.868. The standard InChI is InChI=1S/C17H14FNO3/c1-20-9-11-6-16-17(22-10-21-16)7-13(11)14(8-19)12-4-2-3-5-15(12)18/h2-7,14H,9-10H2,1H3. The number of benzene rings is 2. The number of halogens is 1. The fourth-order valence-corrected chi connectivity index (χ4v) is 2.56. The van der Waals surface area contributed by atoms with E-state index in [0.717, 1.165) is 5.56 Å². The summed E-state index contributed by atoms with van der Waals surface area (Å²) in [5.41, 5.74) is 1.78. The van der Waals surface area contributed by atoms with Gasteiger partial charge in [0.1, 0.15) is 5.82 Å². The minimum Gasteiger partial charge on any atom is -0.454 e. The van der Waals surface area contributed by atoms with E-state index in [9.17, 15) is 9.65 Å². The van der Waals surface area contributed by atoms with Crippen LogP contribution in [0.5, 0.6) is 11.5 Å². The Balaban J connectivity index is 2.13. The minimum atomic E-state index is -0.735. The van der Waals surface area contributed by atoms with Crippen molar-refractivity contribution < 1.29 is 18.6 Å². The van der Waals surface area contributed by atoms with Gasteiger partial charge in [-0.3, -0.25) is 0 Å². The van der Waals surface area contributed by atoms with Crippen molar-refractivity contribution in [3.05, 3.63) is 58.9 Å². The van der Waals surface area contributed by atoms with E-state index in [1.807, 2.05) is 0 Å². The van der Waals surface area contributed by atoms with Crippen molar-refractivity contribution in [1.82, 2.24) is 0 Å². The van der Waals surface area contributed by atoms with E-state index in [4.69, 9.17) is 14.2 Å². The molecule has 22 heavy (non-hydrogen) atoms. The maximum atomic E-state index is 14.1. The summed E-state index contributed by atoms with van der Waals surface area (Å²) in [4.78, 5) is 0. The Morgan fingerprint density at radius 1 is 1.23 bits per heavy atom. The first-order valence-electron chi connectivity index (χ1n) is 6.80. The van der Waals surface area contributed by atoms with Gasteiger partial charge in [-0.15, -0.1) is 0 Å². The van der Waals surface area contributed by atoms with E-state index < -0.39 is 11.7 Å². The molecule has 0 saturated heterocycles. The summed E-state index contributed by atoms with van der Waals surface area (Å²) in [5, 5.41) is 9.57. The zero-order valence-electron chi connectivity index (χ0n) is 12.0. The number of methoxy groups -OCH3 is 1. The lowest BCUT2D eigenvalue weighted by molar-refractivity contribution is 0.173. The second-order valence-electron chi connectivity index (χ2n) is 4.92. The van der Waals surface area contributed by atoms with Crippen LogP contribution >= 0.6 is 0 Å². The highest BCUT2D eigenvalue weighted by Crippen LogP contribution is 2.39. The molecule has 5 heteroatoms. The topological polar surface area (TPSA) is 51.5 Å². The summed E-state index contributed by atoms with van der Waals surface area (Å²) in [7, 11) is 1.57. The molecule has 3 rings (SSSR count). The Morgan fingerprint density at radius 3 is 2.64 bits per heavy atom.